The van der Waals surface area contributed by atoms with Crippen LogP contribution in [0.2, 0.25) is 0 Å². The van der Waals surface area contributed by atoms with E-state index in [9.17, 15) is 8.42 Å². The molecule has 0 aromatic heterocycles. The van der Waals surface area contributed by atoms with Crippen LogP contribution in [0, 0.1) is 11.8 Å². The Morgan fingerprint density at radius 1 is 1.05 bits per heavy atom. The minimum atomic E-state index is -3.49. The lowest BCUT2D eigenvalue weighted by atomic mass is 9.96. The van der Waals surface area contributed by atoms with Crippen LogP contribution >= 0.6 is 0 Å². The van der Waals surface area contributed by atoms with Crippen molar-refractivity contribution in [2.24, 2.45) is 11.8 Å². The monoisotopic (exact) mass is 309 g/mol. The van der Waals surface area contributed by atoms with Crippen LogP contribution in [0.15, 0.2) is 23.1 Å². The summed E-state index contributed by atoms with van der Waals surface area (Å²) >= 11 is 0. The van der Waals surface area contributed by atoms with E-state index >= 15 is 0 Å². The molecular weight excluding hydrogens is 290 g/mol. The summed E-state index contributed by atoms with van der Waals surface area (Å²) in [5.74, 6) is 2.35. The molecule has 1 heterocycles. The zero-order chi connectivity index (χ0) is 14.4. The van der Waals surface area contributed by atoms with Gasteiger partial charge >= 0.3 is 0 Å². The summed E-state index contributed by atoms with van der Waals surface area (Å²) in [4.78, 5) is 0.259. The minimum Gasteiger partial charge on any atom is -0.486 e. The molecule has 2 saturated carbocycles. The third-order valence-corrected chi connectivity index (χ3v) is 6.36. The van der Waals surface area contributed by atoms with Crippen LogP contribution in [0.1, 0.15) is 25.7 Å². The van der Waals surface area contributed by atoms with Gasteiger partial charge in [0.05, 0.1) is 4.90 Å². The molecule has 2 aliphatic carbocycles. The van der Waals surface area contributed by atoms with Gasteiger partial charge in [-0.25, -0.2) is 13.1 Å². The first-order valence-electron chi connectivity index (χ1n) is 7.54. The zero-order valence-corrected chi connectivity index (χ0v) is 12.6. The van der Waals surface area contributed by atoms with Crippen molar-refractivity contribution < 1.29 is 17.9 Å². The van der Waals surface area contributed by atoms with Crippen molar-refractivity contribution >= 4 is 10.0 Å². The number of rotatable bonds is 3. The molecule has 1 aromatic carbocycles. The van der Waals surface area contributed by atoms with Crippen molar-refractivity contribution in [3.63, 3.8) is 0 Å². The Hall–Kier alpha value is -1.27. The maximum Gasteiger partial charge on any atom is 0.240 e. The molecule has 4 rings (SSSR count). The molecular formula is C15H19NO4S. The molecule has 5 nitrogen and oxygen atoms in total. The molecule has 3 aliphatic rings. The first-order chi connectivity index (χ1) is 10.1. The molecule has 1 aromatic rings. The van der Waals surface area contributed by atoms with Gasteiger partial charge in [-0.1, -0.05) is 6.42 Å². The molecule has 0 radical (unpaired) electrons. The average Bonchev–Trinajstić information content (AvgIpc) is 3.09. The van der Waals surface area contributed by atoms with Crippen LogP contribution in [-0.2, 0) is 10.0 Å². The molecule has 6 heteroatoms. The van der Waals surface area contributed by atoms with E-state index in [-0.39, 0.29) is 10.9 Å². The highest BCUT2D eigenvalue weighted by molar-refractivity contribution is 7.89. The Morgan fingerprint density at radius 2 is 1.86 bits per heavy atom. The van der Waals surface area contributed by atoms with E-state index in [2.05, 4.69) is 4.72 Å². The van der Waals surface area contributed by atoms with E-state index in [0.717, 1.165) is 12.8 Å². The molecule has 21 heavy (non-hydrogen) atoms. The lowest BCUT2D eigenvalue weighted by Gasteiger charge is -2.23. The summed E-state index contributed by atoms with van der Waals surface area (Å²) < 4.78 is 38.9. The molecule has 3 atom stereocenters. The van der Waals surface area contributed by atoms with Crippen LogP contribution in [0.5, 0.6) is 11.5 Å². The topological polar surface area (TPSA) is 64.6 Å². The fourth-order valence-corrected chi connectivity index (χ4v) is 5.18. The van der Waals surface area contributed by atoms with E-state index in [0.29, 0.717) is 36.5 Å². The van der Waals surface area contributed by atoms with Crippen molar-refractivity contribution in [2.75, 3.05) is 13.2 Å². The molecule has 0 unspecified atom stereocenters. The summed E-state index contributed by atoms with van der Waals surface area (Å²) in [7, 11) is -3.49. The van der Waals surface area contributed by atoms with Gasteiger partial charge in [-0.15, -0.1) is 0 Å². The van der Waals surface area contributed by atoms with Gasteiger partial charge in [0.1, 0.15) is 13.2 Å². The molecule has 0 spiro atoms. The van der Waals surface area contributed by atoms with Crippen molar-refractivity contribution in [3.8, 4) is 11.5 Å². The number of nitrogens with one attached hydrogen (secondary N) is 1. The molecule has 0 amide bonds. The Balaban J connectivity index is 1.57. The van der Waals surface area contributed by atoms with Crippen molar-refractivity contribution in [1.29, 1.82) is 0 Å². The summed E-state index contributed by atoms with van der Waals surface area (Å²) in [6.07, 6.45) is 4.56. The summed E-state index contributed by atoms with van der Waals surface area (Å²) in [6.45, 7) is 0.957. The second kappa shape index (κ2) is 4.88. The number of sulfonamides is 1. The Morgan fingerprint density at radius 3 is 2.57 bits per heavy atom. The number of benzene rings is 1. The Kier molecular flexibility index (Phi) is 3.11. The van der Waals surface area contributed by atoms with E-state index in [4.69, 9.17) is 9.47 Å². The van der Waals surface area contributed by atoms with Gasteiger partial charge in [0, 0.05) is 12.1 Å². The van der Waals surface area contributed by atoms with Crippen molar-refractivity contribution in [3.05, 3.63) is 18.2 Å². The van der Waals surface area contributed by atoms with Crippen LogP contribution in [0.25, 0.3) is 0 Å². The fourth-order valence-electron chi connectivity index (χ4n) is 3.85. The summed E-state index contributed by atoms with van der Waals surface area (Å²) in [5.41, 5.74) is 0. The Bertz CT molecular complexity index is 658. The lowest BCUT2D eigenvalue weighted by Crippen LogP contribution is -2.38. The zero-order valence-electron chi connectivity index (χ0n) is 11.7. The maximum atomic E-state index is 12.5. The quantitative estimate of drug-likeness (QED) is 0.926. The number of ether oxygens (including phenoxy) is 2. The van der Waals surface area contributed by atoms with Crippen LogP contribution in [-0.4, -0.2) is 27.7 Å². The second-order valence-electron chi connectivity index (χ2n) is 6.21. The standard InChI is InChI=1S/C15H19NO4S/c17-21(18,16-13-8-10-1-2-11(13)7-10)12-3-4-14-15(9-12)20-6-5-19-14/h3-4,9-11,13,16H,1-2,5-8H2/t10-,11+,13-/m0/s1. The van der Waals surface area contributed by atoms with Gasteiger partial charge in [0.15, 0.2) is 11.5 Å². The highest BCUT2D eigenvalue weighted by Crippen LogP contribution is 2.45. The SMILES string of the molecule is O=S(=O)(N[C@H]1C[C@H]2CC[C@@H]1C2)c1ccc2c(c1)OCCO2. The Labute approximate surface area is 124 Å². The second-order valence-corrected chi connectivity index (χ2v) is 7.92. The third-order valence-electron chi connectivity index (χ3n) is 4.87. The normalized spacial score (nSPS) is 30.6. The van der Waals surface area contributed by atoms with E-state index < -0.39 is 10.0 Å². The number of hydrogen-bond acceptors (Lipinski definition) is 4. The van der Waals surface area contributed by atoms with Crippen LogP contribution < -0.4 is 14.2 Å². The highest BCUT2D eigenvalue weighted by atomic mass is 32.2. The largest absolute Gasteiger partial charge is 0.486 e. The minimum absolute atomic E-state index is 0.0990. The molecule has 114 valence electrons. The van der Waals surface area contributed by atoms with Gasteiger partial charge < -0.3 is 9.47 Å². The first kappa shape index (κ1) is 13.4. The smallest absolute Gasteiger partial charge is 0.240 e. The van der Waals surface area contributed by atoms with Gasteiger partial charge in [-0.3, -0.25) is 0 Å². The van der Waals surface area contributed by atoms with E-state index in [1.165, 1.54) is 12.8 Å². The van der Waals surface area contributed by atoms with Gasteiger partial charge in [-0.05, 0) is 43.2 Å². The molecule has 2 bridgehead atoms. The summed E-state index contributed by atoms with van der Waals surface area (Å²) in [5, 5.41) is 0. The average molecular weight is 309 g/mol. The van der Waals surface area contributed by atoms with Crippen LogP contribution in [0.3, 0.4) is 0 Å². The predicted molar refractivity (Wildman–Crippen MR) is 77.0 cm³/mol. The van der Waals surface area contributed by atoms with Gasteiger partial charge in [0.25, 0.3) is 0 Å². The predicted octanol–water partition coefficient (Wildman–Crippen LogP) is 1.92. The molecule has 1 aliphatic heterocycles. The van der Waals surface area contributed by atoms with E-state index in [1.807, 2.05) is 0 Å². The first-order valence-corrected chi connectivity index (χ1v) is 9.02. The van der Waals surface area contributed by atoms with Crippen LogP contribution in [0.4, 0.5) is 0 Å². The van der Waals surface area contributed by atoms with Crippen molar-refractivity contribution in [2.45, 2.75) is 36.6 Å². The van der Waals surface area contributed by atoms with E-state index in [1.54, 1.807) is 18.2 Å². The summed E-state index contributed by atoms with van der Waals surface area (Å²) in [6, 6.07) is 4.92. The van der Waals surface area contributed by atoms with Gasteiger partial charge in [0.2, 0.25) is 10.0 Å². The fraction of sp³-hybridized carbons (Fsp3) is 0.600. The lowest BCUT2D eigenvalue weighted by molar-refractivity contribution is 0.171. The maximum absolute atomic E-state index is 12.5. The van der Waals surface area contributed by atoms with Crippen molar-refractivity contribution in [1.82, 2.24) is 4.72 Å². The number of hydrogen-bond donors (Lipinski definition) is 1. The molecule has 1 N–H and O–H groups in total. The highest BCUT2D eigenvalue weighted by Gasteiger charge is 2.41. The number of fused-ring (bicyclic) bond motifs is 3. The molecule has 2 fully saturated rings. The third kappa shape index (κ3) is 2.40. The molecule has 0 saturated heterocycles. The van der Waals surface area contributed by atoms with Gasteiger partial charge in [-0.2, -0.15) is 0 Å².